The van der Waals surface area contributed by atoms with E-state index in [2.05, 4.69) is 18.0 Å². The van der Waals surface area contributed by atoms with Crippen molar-refractivity contribution in [1.82, 2.24) is 0 Å². The molecule has 0 unspecified atom stereocenters. The van der Waals surface area contributed by atoms with Gasteiger partial charge in [-0.3, -0.25) is 0 Å². The first-order valence-electron chi connectivity index (χ1n) is 4.60. The van der Waals surface area contributed by atoms with Gasteiger partial charge in [-0.05, 0) is 30.0 Å². The standard InChI is InChI=1S/C10H13FO3S/c1-8(2)7-9-3-5-10(6-4-9)14-15(11,12)13/h3-6,8H,7H2,1-2H3. The lowest BCUT2D eigenvalue weighted by molar-refractivity contribution is 0.440. The van der Waals surface area contributed by atoms with E-state index in [0.29, 0.717) is 5.92 Å². The van der Waals surface area contributed by atoms with Crippen LogP contribution in [0.3, 0.4) is 0 Å². The fraction of sp³-hybridized carbons (Fsp3) is 0.400. The predicted molar refractivity (Wildman–Crippen MR) is 55.6 cm³/mol. The van der Waals surface area contributed by atoms with Gasteiger partial charge in [0, 0.05) is 0 Å². The Morgan fingerprint density at radius 1 is 1.27 bits per heavy atom. The molecule has 5 heteroatoms. The van der Waals surface area contributed by atoms with Crippen molar-refractivity contribution >= 4 is 10.5 Å². The lowest BCUT2D eigenvalue weighted by Crippen LogP contribution is -2.01. The van der Waals surface area contributed by atoms with Crippen LogP contribution in [0.4, 0.5) is 3.89 Å². The second kappa shape index (κ2) is 4.61. The van der Waals surface area contributed by atoms with E-state index in [1.54, 1.807) is 12.1 Å². The largest absolute Gasteiger partial charge is 0.488 e. The summed E-state index contributed by atoms with van der Waals surface area (Å²) in [5.41, 5.74) is 1.06. The topological polar surface area (TPSA) is 43.4 Å². The molecular formula is C10H13FO3S. The van der Waals surface area contributed by atoms with Crippen LogP contribution in [-0.4, -0.2) is 8.42 Å². The zero-order chi connectivity index (χ0) is 11.5. The summed E-state index contributed by atoms with van der Waals surface area (Å²) in [6.45, 7) is 4.16. The molecule has 0 aliphatic heterocycles. The van der Waals surface area contributed by atoms with Gasteiger partial charge < -0.3 is 4.18 Å². The van der Waals surface area contributed by atoms with Gasteiger partial charge in [-0.1, -0.05) is 29.9 Å². The minimum absolute atomic E-state index is 0.00925. The Hall–Kier alpha value is -1.10. The molecule has 1 aromatic rings. The van der Waals surface area contributed by atoms with Crippen LogP contribution in [0.15, 0.2) is 24.3 Å². The zero-order valence-electron chi connectivity index (χ0n) is 8.60. The predicted octanol–water partition coefficient (Wildman–Crippen LogP) is 2.48. The molecule has 0 saturated carbocycles. The summed E-state index contributed by atoms with van der Waals surface area (Å²) >= 11 is 0. The van der Waals surface area contributed by atoms with Crippen LogP contribution in [0.25, 0.3) is 0 Å². The highest BCUT2D eigenvalue weighted by atomic mass is 32.3. The normalized spacial score (nSPS) is 11.7. The maximum Gasteiger partial charge on any atom is 0.488 e. The van der Waals surface area contributed by atoms with Crippen molar-refractivity contribution in [3.8, 4) is 5.75 Å². The van der Waals surface area contributed by atoms with Gasteiger partial charge in [0.2, 0.25) is 0 Å². The van der Waals surface area contributed by atoms with E-state index in [9.17, 15) is 12.3 Å². The molecule has 84 valence electrons. The highest BCUT2D eigenvalue weighted by Gasteiger charge is 2.09. The molecule has 0 atom stereocenters. The van der Waals surface area contributed by atoms with E-state index in [-0.39, 0.29) is 5.75 Å². The zero-order valence-corrected chi connectivity index (χ0v) is 9.42. The Kier molecular flexibility index (Phi) is 3.68. The maximum atomic E-state index is 12.1. The second-order valence-electron chi connectivity index (χ2n) is 3.72. The van der Waals surface area contributed by atoms with E-state index < -0.39 is 10.5 Å². The highest BCUT2D eigenvalue weighted by Crippen LogP contribution is 2.16. The maximum absolute atomic E-state index is 12.1. The molecule has 0 aliphatic carbocycles. The summed E-state index contributed by atoms with van der Waals surface area (Å²) in [4.78, 5) is 0. The first-order valence-corrected chi connectivity index (χ1v) is 5.90. The molecular weight excluding hydrogens is 219 g/mol. The van der Waals surface area contributed by atoms with E-state index in [0.717, 1.165) is 12.0 Å². The monoisotopic (exact) mass is 232 g/mol. The first kappa shape index (κ1) is 12.0. The Morgan fingerprint density at radius 2 is 1.80 bits per heavy atom. The van der Waals surface area contributed by atoms with Crippen LogP contribution in [0.5, 0.6) is 5.75 Å². The number of rotatable bonds is 4. The van der Waals surface area contributed by atoms with Crippen molar-refractivity contribution in [2.75, 3.05) is 0 Å². The fourth-order valence-corrected chi connectivity index (χ4v) is 1.61. The van der Waals surface area contributed by atoms with Gasteiger partial charge in [0.15, 0.2) is 0 Å². The summed E-state index contributed by atoms with van der Waals surface area (Å²) in [6.07, 6.45) is 0.892. The lowest BCUT2D eigenvalue weighted by atomic mass is 10.0. The first-order chi connectivity index (χ1) is 6.87. The van der Waals surface area contributed by atoms with Crippen LogP contribution in [0.1, 0.15) is 19.4 Å². The summed E-state index contributed by atoms with van der Waals surface area (Å²) < 4.78 is 36.6. The van der Waals surface area contributed by atoms with Crippen LogP contribution < -0.4 is 4.18 Å². The van der Waals surface area contributed by atoms with Crippen LogP contribution in [0.2, 0.25) is 0 Å². The van der Waals surface area contributed by atoms with Crippen molar-refractivity contribution in [3.63, 3.8) is 0 Å². The third-order valence-corrected chi connectivity index (χ3v) is 2.15. The Labute approximate surface area is 89.3 Å². The quantitative estimate of drug-likeness (QED) is 0.749. The molecule has 15 heavy (non-hydrogen) atoms. The third-order valence-electron chi connectivity index (χ3n) is 1.76. The summed E-state index contributed by atoms with van der Waals surface area (Å²) in [5.74, 6) is 0.506. The van der Waals surface area contributed by atoms with Gasteiger partial charge in [0.1, 0.15) is 5.75 Å². The Balaban J connectivity index is 2.73. The average Bonchev–Trinajstić information content (AvgIpc) is 2.05. The van der Waals surface area contributed by atoms with Crippen LogP contribution >= 0.6 is 0 Å². The molecule has 0 bridgehead atoms. The lowest BCUT2D eigenvalue weighted by Gasteiger charge is -2.05. The van der Waals surface area contributed by atoms with Crippen LogP contribution in [-0.2, 0) is 16.9 Å². The van der Waals surface area contributed by atoms with Crippen LogP contribution in [0, 0.1) is 5.92 Å². The minimum atomic E-state index is -4.91. The molecule has 0 amide bonds. The molecule has 0 radical (unpaired) electrons. The SMILES string of the molecule is CC(C)Cc1ccc(OS(=O)(=O)F)cc1. The minimum Gasteiger partial charge on any atom is -0.358 e. The summed E-state index contributed by atoms with van der Waals surface area (Å²) in [5, 5.41) is 0. The third kappa shape index (κ3) is 4.78. The van der Waals surface area contributed by atoms with Gasteiger partial charge in [-0.2, -0.15) is 8.42 Å². The summed E-state index contributed by atoms with van der Waals surface area (Å²) in [7, 11) is -4.91. The van der Waals surface area contributed by atoms with E-state index in [1.165, 1.54) is 12.1 Å². The Bertz CT molecular complexity index is 409. The number of halogens is 1. The van der Waals surface area contributed by atoms with E-state index in [1.807, 2.05) is 0 Å². The molecule has 0 heterocycles. The van der Waals surface area contributed by atoms with E-state index in [4.69, 9.17) is 0 Å². The van der Waals surface area contributed by atoms with Crippen molar-refractivity contribution in [1.29, 1.82) is 0 Å². The molecule has 1 aromatic carbocycles. The van der Waals surface area contributed by atoms with Gasteiger partial charge >= 0.3 is 10.5 Å². The smallest absolute Gasteiger partial charge is 0.358 e. The summed E-state index contributed by atoms with van der Waals surface area (Å²) in [6, 6.07) is 6.32. The molecule has 0 saturated heterocycles. The number of hydrogen-bond acceptors (Lipinski definition) is 3. The second-order valence-corrected chi connectivity index (χ2v) is 4.67. The number of hydrogen-bond donors (Lipinski definition) is 0. The molecule has 0 spiro atoms. The molecule has 0 N–H and O–H groups in total. The van der Waals surface area contributed by atoms with Gasteiger partial charge in [-0.15, -0.1) is 0 Å². The van der Waals surface area contributed by atoms with Gasteiger partial charge in [-0.25, -0.2) is 0 Å². The molecule has 1 rings (SSSR count). The molecule has 0 fully saturated rings. The fourth-order valence-electron chi connectivity index (χ4n) is 1.27. The van der Waals surface area contributed by atoms with Crippen molar-refractivity contribution in [3.05, 3.63) is 29.8 Å². The number of benzene rings is 1. The average molecular weight is 232 g/mol. The van der Waals surface area contributed by atoms with Gasteiger partial charge in [0.05, 0.1) is 0 Å². The van der Waals surface area contributed by atoms with Gasteiger partial charge in [0.25, 0.3) is 0 Å². The van der Waals surface area contributed by atoms with E-state index >= 15 is 0 Å². The van der Waals surface area contributed by atoms with Crippen molar-refractivity contribution in [2.24, 2.45) is 5.92 Å². The highest BCUT2D eigenvalue weighted by molar-refractivity contribution is 7.81. The molecule has 0 aromatic heterocycles. The Morgan fingerprint density at radius 3 is 2.20 bits per heavy atom. The molecule has 3 nitrogen and oxygen atoms in total. The van der Waals surface area contributed by atoms with Crippen molar-refractivity contribution < 1.29 is 16.5 Å². The molecule has 0 aliphatic rings. The van der Waals surface area contributed by atoms with Crippen molar-refractivity contribution in [2.45, 2.75) is 20.3 Å².